The molecule has 1 aromatic carbocycles. The molecular formula is C19H25N3O7S. The number of fused-ring (bicyclic) bond motifs is 1. The summed E-state index contributed by atoms with van der Waals surface area (Å²) in [6, 6.07) is 4.63. The van der Waals surface area contributed by atoms with Crippen molar-refractivity contribution in [3.05, 3.63) is 24.3 Å². The van der Waals surface area contributed by atoms with E-state index in [1.807, 2.05) is 13.0 Å². The molecule has 1 heterocycles. The quantitative estimate of drug-likeness (QED) is 0.402. The van der Waals surface area contributed by atoms with Crippen molar-refractivity contribution in [3.63, 3.8) is 0 Å². The third-order valence-corrected chi connectivity index (χ3v) is 5.48. The largest absolute Gasteiger partial charge is 0.489 e. The SMILES string of the molecule is C[C@H]1COc2ccccc2N1C(=O)CSC[C@H](NC(=O)CC[C@H](N)C(=O)O)C(=O)O. The first-order valence-corrected chi connectivity index (χ1v) is 10.5. The fourth-order valence-corrected chi connectivity index (χ4v) is 3.76. The maximum Gasteiger partial charge on any atom is 0.327 e. The van der Waals surface area contributed by atoms with E-state index in [0.717, 1.165) is 11.8 Å². The molecule has 2 rings (SSSR count). The predicted octanol–water partition coefficient (Wildman–Crippen LogP) is 0.295. The fraction of sp³-hybridized carbons (Fsp3) is 0.474. The Morgan fingerprint density at radius 3 is 2.63 bits per heavy atom. The van der Waals surface area contributed by atoms with Crippen LogP contribution in [0.4, 0.5) is 5.69 Å². The van der Waals surface area contributed by atoms with E-state index in [9.17, 15) is 24.3 Å². The number of hydrogen-bond donors (Lipinski definition) is 4. The van der Waals surface area contributed by atoms with E-state index in [0.29, 0.717) is 18.0 Å². The molecule has 0 spiro atoms. The number of nitrogens with one attached hydrogen (secondary N) is 1. The molecule has 0 bridgehead atoms. The maximum atomic E-state index is 12.7. The van der Waals surface area contributed by atoms with Gasteiger partial charge in [-0.15, -0.1) is 11.8 Å². The van der Waals surface area contributed by atoms with Crippen LogP contribution in [0.2, 0.25) is 0 Å². The second kappa shape index (κ2) is 10.8. The first-order chi connectivity index (χ1) is 14.2. The van der Waals surface area contributed by atoms with Crippen LogP contribution in [0.1, 0.15) is 19.8 Å². The normalized spacial score (nSPS) is 17.3. The van der Waals surface area contributed by atoms with Crippen LogP contribution < -0.4 is 20.7 Å². The third kappa shape index (κ3) is 6.36. The highest BCUT2D eigenvalue weighted by Crippen LogP contribution is 2.33. The van der Waals surface area contributed by atoms with Gasteiger partial charge in [0.15, 0.2) is 0 Å². The molecular weight excluding hydrogens is 414 g/mol. The smallest absolute Gasteiger partial charge is 0.327 e. The van der Waals surface area contributed by atoms with Crippen molar-refractivity contribution in [3.8, 4) is 5.75 Å². The Kier molecular flexibility index (Phi) is 8.48. The van der Waals surface area contributed by atoms with E-state index >= 15 is 0 Å². The average molecular weight is 439 g/mol. The number of anilines is 1. The summed E-state index contributed by atoms with van der Waals surface area (Å²) < 4.78 is 5.62. The molecule has 164 valence electrons. The van der Waals surface area contributed by atoms with Gasteiger partial charge in [0, 0.05) is 12.2 Å². The average Bonchev–Trinajstić information content (AvgIpc) is 2.70. The van der Waals surface area contributed by atoms with Gasteiger partial charge in [-0.05, 0) is 25.5 Å². The van der Waals surface area contributed by atoms with Crippen molar-refractivity contribution < 1.29 is 34.1 Å². The van der Waals surface area contributed by atoms with E-state index in [4.69, 9.17) is 15.6 Å². The summed E-state index contributed by atoms with van der Waals surface area (Å²) in [6.07, 6.45) is -0.309. The molecule has 0 aromatic heterocycles. The number of para-hydroxylation sites is 2. The standard InChI is InChI=1S/C19H25N3O7S/c1-11-8-29-15-5-3-2-4-14(15)22(11)17(24)10-30-9-13(19(27)28)21-16(23)7-6-12(20)18(25)26/h2-5,11-13H,6-10,20H2,1H3,(H,21,23)(H,25,26)(H,27,28)/t11-,12-,13-/m0/s1. The Hall–Kier alpha value is -2.79. The number of carboxylic acids is 2. The molecule has 0 radical (unpaired) electrons. The van der Waals surface area contributed by atoms with Crippen LogP contribution in [0.15, 0.2) is 24.3 Å². The Morgan fingerprint density at radius 2 is 1.97 bits per heavy atom. The number of rotatable bonds is 10. The van der Waals surface area contributed by atoms with Crippen molar-refractivity contribution in [2.24, 2.45) is 5.73 Å². The number of ether oxygens (including phenoxy) is 1. The zero-order valence-corrected chi connectivity index (χ0v) is 17.3. The Bertz CT molecular complexity index is 804. The second-order valence-corrected chi connectivity index (χ2v) is 7.88. The number of nitrogens with zero attached hydrogens (tertiary/aromatic N) is 1. The van der Waals surface area contributed by atoms with E-state index in [1.165, 1.54) is 0 Å². The van der Waals surface area contributed by atoms with Crippen LogP contribution >= 0.6 is 11.8 Å². The molecule has 1 aliphatic rings. The second-order valence-electron chi connectivity index (χ2n) is 6.85. The molecule has 2 amide bonds. The lowest BCUT2D eigenvalue weighted by Gasteiger charge is -2.35. The summed E-state index contributed by atoms with van der Waals surface area (Å²) in [5.41, 5.74) is 6.00. The van der Waals surface area contributed by atoms with Gasteiger partial charge in [-0.25, -0.2) is 4.79 Å². The number of carbonyl (C=O) groups is 4. The van der Waals surface area contributed by atoms with E-state index in [1.54, 1.807) is 23.1 Å². The molecule has 3 atom stereocenters. The van der Waals surface area contributed by atoms with Crippen LogP contribution in [-0.4, -0.2) is 70.2 Å². The molecule has 1 aromatic rings. The van der Waals surface area contributed by atoms with Crippen molar-refractivity contribution in [2.75, 3.05) is 23.0 Å². The Labute approximate surface area is 177 Å². The molecule has 0 aliphatic carbocycles. The predicted molar refractivity (Wildman–Crippen MR) is 111 cm³/mol. The Morgan fingerprint density at radius 1 is 1.27 bits per heavy atom. The van der Waals surface area contributed by atoms with Gasteiger partial charge in [-0.1, -0.05) is 12.1 Å². The number of thioether (sulfide) groups is 1. The first-order valence-electron chi connectivity index (χ1n) is 9.33. The third-order valence-electron chi connectivity index (χ3n) is 4.46. The monoisotopic (exact) mass is 439 g/mol. The molecule has 11 heteroatoms. The van der Waals surface area contributed by atoms with Gasteiger partial charge >= 0.3 is 11.9 Å². The number of amides is 2. The number of nitrogens with two attached hydrogens (primary N) is 1. The van der Waals surface area contributed by atoms with Crippen molar-refractivity contribution in [2.45, 2.75) is 37.9 Å². The zero-order chi connectivity index (χ0) is 22.3. The van der Waals surface area contributed by atoms with Gasteiger partial charge in [0.05, 0.1) is 17.5 Å². The van der Waals surface area contributed by atoms with E-state index in [2.05, 4.69) is 5.32 Å². The summed E-state index contributed by atoms with van der Waals surface area (Å²) in [4.78, 5) is 48.3. The lowest BCUT2D eigenvalue weighted by atomic mass is 10.1. The van der Waals surface area contributed by atoms with Crippen molar-refractivity contribution >= 4 is 41.2 Å². The molecule has 0 unspecified atom stereocenters. The van der Waals surface area contributed by atoms with Crippen molar-refractivity contribution in [1.82, 2.24) is 5.32 Å². The molecule has 0 saturated heterocycles. The highest BCUT2D eigenvalue weighted by molar-refractivity contribution is 8.00. The summed E-state index contributed by atoms with van der Waals surface area (Å²) >= 11 is 1.09. The molecule has 10 nitrogen and oxygen atoms in total. The summed E-state index contributed by atoms with van der Waals surface area (Å²) in [5, 5.41) is 20.4. The molecule has 1 aliphatic heterocycles. The highest BCUT2D eigenvalue weighted by Gasteiger charge is 2.29. The van der Waals surface area contributed by atoms with E-state index < -0.39 is 29.9 Å². The number of benzene rings is 1. The first kappa shape index (κ1) is 23.5. The summed E-state index contributed by atoms with van der Waals surface area (Å²) in [6.45, 7) is 2.22. The van der Waals surface area contributed by atoms with Gasteiger partial charge in [-0.2, -0.15) is 0 Å². The number of hydrogen-bond acceptors (Lipinski definition) is 7. The summed E-state index contributed by atoms with van der Waals surface area (Å²) in [7, 11) is 0. The van der Waals surface area contributed by atoms with E-state index in [-0.39, 0.29) is 36.3 Å². The molecule has 5 N–H and O–H groups in total. The lowest BCUT2D eigenvalue weighted by Crippen LogP contribution is -2.46. The van der Waals surface area contributed by atoms with Gasteiger partial charge in [0.25, 0.3) is 0 Å². The van der Waals surface area contributed by atoms with Gasteiger partial charge < -0.3 is 30.9 Å². The molecule has 0 fully saturated rings. The topological polar surface area (TPSA) is 159 Å². The maximum absolute atomic E-state index is 12.7. The van der Waals surface area contributed by atoms with Crippen LogP contribution in [-0.2, 0) is 19.2 Å². The minimum atomic E-state index is -1.24. The van der Waals surface area contributed by atoms with Gasteiger partial charge in [0.2, 0.25) is 11.8 Å². The zero-order valence-electron chi connectivity index (χ0n) is 16.4. The van der Waals surface area contributed by atoms with Crippen LogP contribution in [0.3, 0.4) is 0 Å². The number of carboxylic acid groups (broad SMARTS) is 2. The number of aliphatic carboxylic acids is 2. The molecule has 30 heavy (non-hydrogen) atoms. The molecule has 0 saturated carbocycles. The summed E-state index contributed by atoms with van der Waals surface area (Å²) in [5.74, 6) is -2.64. The highest BCUT2D eigenvalue weighted by atomic mass is 32.2. The van der Waals surface area contributed by atoms with Gasteiger partial charge in [0.1, 0.15) is 24.4 Å². The lowest BCUT2D eigenvalue weighted by molar-refractivity contribution is -0.141. The van der Waals surface area contributed by atoms with Crippen molar-refractivity contribution in [1.29, 1.82) is 0 Å². The Balaban J connectivity index is 1.87. The van der Waals surface area contributed by atoms with Crippen LogP contribution in [0, 0.1) is 0 Å². The number of carbonyl (C=O) groups excluding carboxylic acids is 2. The van der Waals surface area contributed by atoms with Crippen LogP contribution in [0.25, 0.3) is 0 Å². The van der Waals surface area contributed by atoms with Gasteiger partial charge in [-0.3, -0.25) is 14.4 Å². The minimum absolute atomic E-state index is 0.0157. The van der Waals surface area contributed by atoms with Crippen LogP contribution in [0.5, 0.6) is 5.75 Å². The fourth-order valence-electron chi connectivity index (χ4n) is 2.87. The minimum Gasteiger partial charge on any atom is -0.489 e.